The number of fused-ring (bicyclic) bond motifs is 6. The van der Waals surface area contributed by atoms with Crippen molar-refractivity contribution in [1.82, 2.24) is 0 Å². The summed E-state index contributed by atoms with van der Waals surface area (Å²) in [5.74, 6) is 1.72. The SMILES string of the molecule is CCOP(=O)(Cc1ccc(-c2ccc3c(c2)C(C)(C)c2cc(-c4ccc5c(c4)C(C)(C)c4cc(-c6ccc(C=P(O)(OCC)OCC)cc6)ccc4-5)ccc2-3)cc1)OCC. The van der Waals surface area contributed by atoms with Crippen LogP contribution in [-0.4, -0.2) is 37.1 Å². The monoisotopic (exact) mass is 838 g/mol. The largest absolute Gasteiger partial charge is 0.335 e. The summed E-state index contributed by atoms with van der Waals surface area (Å²) in [5.41, 5.74) is 18.9. The van der Waals surface area contributed by atoms with Gasteiger partial charge in [0, 0.05) is 16.6 Å². The highest BCUT2D eigenvalue weighted by atomic mass is 31.2. The van der Waals surface area contributed by atoms with Crippen LogP contribution in [0.1, 0.15) is 88.8 Å². The Balaban J connectivity index is 1.04. The van der Waals surface area contributed by atoms with Gasteiger partial charge in [0.15, 0.2) is 0 Å². The van der Waals surface area contributed by atoms with E-state index < -0.39 is 15.2 Å². The van der Waals surface area contributed by atoms with E-state index in [0.717, 1.165) is 33.4 Å². The van der Waals surface area contributed by atoms with Gasteiger partial charge in [0.1, 0.15) is 0 Å². The standard InChI is InChI=1S/C52H56O6P2/c1-9-55-59(53,56-10-2)33-35-13-17-37(18-14-35)39-21-25-43-45-27-23-41(31-49(45)51(5,6)47(43)29-39)42-24-28-46-44-26-22-40(30-48(44)52(7,8)50(46)32-42)38-19-15-36(16-20-38)34-60(54,57-11-3)58-12-4/h13-33,53H,9-12,34H2,1-8H3. The summed E-state index contributed by atoms with van der Waals surface area (Å²) < 4.78 is 35.4. The molecule has 0 saturated carbocycles. The van der Waals surface area contributed by atoms with Crippen LogP contribution in [0, 0.1) is 0 Å². The average molecular weight is 839 g/mol. The third kappa shape index (κ3) is 7.85. The molecule has 0 amide bonds. The van der Waals surface area contributed by atoms with Crippen LogP contribution in [-0.2, 0) is 39.7 Å². The van der Waals surface area contributed by atoms with Gasteiger partial charge in [-0.25, -0.2) is 0 Å². The normalized spacial score (nSPS) is 14.7. The molecule has 0 atom stereocenters. The van der Waals surface area contributed by atoms with Crippen molar-refractivity contribution in [2.45, 2.75) is 72.4 Å². The maximum Gasteiger partial charge on any atom is 0.335 e. The fraction of sp³-hybridized carbons (Fsp3) is 0.288. The van der Waals surface area contributed by atoms with Gasteiger partial charge < -0.3 is 23.0 Å². The maximum absolute atomic E-state index is 13.1. The quantitative estimate of drug-likeness (QED) is 0.110. The van der Waals surface area contributed by atoms with Crippen LogP contribution in [0.15, 0.2) is 121 Å². The molecule has 0 radical (unpaired) electrons. The Morgan fingerprint density at radius 3 is 1.13 bits per heavy atom. The molecule has 0 fully saturated rings. The van der Waals surface area contributed by atoms with E-state index in [2.05, 4.69) is 125 Å². The molecule has 60 heavy (non-hydrogen) atoms. The van der Waals surface area contributed by atoms with Gasteiger partial charge in [0.05, 0.1) is 32.6 Å². The van der Waals surface area contributed by atoms with E-state index in [1.54, 1.807) is 5.80 Å². The smallest absolute Gasteiger partial charge is 0.333 e. The molecule has 1 N–H and O–H groups in total. The molecule has 0 heterocycles. The lowest BCUT2D eigenvalue weighted by Gasteiger charge is -2.24. The second-order valence-corrected chi connectivity index (χ2v) is 20.7. The van der Waals surface area contributed by atoms with Crippen molar-refractivity contribution in [3.63, 3.8) is 0 Å². The highest BCUT2D eigenvalue weighted by Crippen LogP contribution is 2.54. The molecule has 310 valence electrons. The third-order valence-electron chi connectivity index (χ3n) is 12.2. The molecule has 0 aromatic heterocycles. The minimum atomic E-state index is -3.17. The molecule has 0 unspecified atom stereocenters. The van der Waals surface area contributed by atoms with Crippen molar-refractivity contribution in [2.75, 3.05) is 26.4 Å². The lowest BCUT2D eigenvalue weighted by molar-refractivity contribution is 0.210. The van der Waals surface area contributed by atoms with Crippen molar-refractivity contribution in [3.8, 4) is 55.6 Å². The average Bonchev–Trinajstić information content (AvgIpc) is 3.59. The van der Waals surface area contributed by atoms with E-state index in [1.807, 2.05) is 52.0 Å². The molecule has 0 spiro atoms. The highest BCUT2D eigenvalue weighted by Gasteiger charge is 2.38. The van der Waals surface area contributed by atoms with Crippen molar-refractivity contribution in [1.29, 1.82) is 0 Å². The number of hydrogen-bond acceptors (Lipinski definition) is 6. The molecule has 6 nitrogen and oxygen atoms in total. The molecular formula is C52H56O6P2. The van der Waals surface area contributed by atoms with Crippen molar-refractivity contribution in [2.24, 2.45) is 0 Å². The summed E-state index contributed by atoms with van der Waals surface area (Å²) in [4.78, 5) is 10.9. The van der Waals surface area contributed by atoms with Gasteiger partial charge in [0.2, 0.25) is 0 Å². The summed E-state index contributed by atoms with van der Waals surface area (Å²) >= 11 is 0. The van der Waals surface area contributed by atoms with Gasteiger partial charge in [-0.15, -0.1) is 0 Å². The van der Waals surface area contributed by atoms with Crippen molar-refractivity contribution < 1.29 is 27.6 Å². The molecule has 6 aromatic rings. The van der Waals surface area contributed by atoms with Gasteiger partial charge in [0.25, 0.3) is 7.57 Å². The molecular weight excluding hydrogens is 783 g/mol. The fourth-order valence-corrected chi connectivity index (χ4v) is 12.4. The van der Waals surface area contributed by atoms with Crippen LogP contribution >= 0.6 is 15.2 Å². The van der Waals surface area contributed by atoms with Crippen LogP contribution in [0.5, 0.6) is 0 Å². The number of benzene rings is 6. The van der Waals surface area contributed by atoms with Gasteiger partial charge in [-0.2, -0.15) is 0 Å². The first-order chi connectivity index (χ1) is 28.7. The van der Waals surface area contributed by atoms with E-state index in [-0.39, 0.29) is 17.0 Å². The molecule has 2 aliphatic carbocycles. The van der Waals surface area contributed by atoms with Crippen molar-refractivity contribution in [3.05, 3.63) is 155 Å². The first-order valence-corrected chi connectivity index (χ1v) is 24.5. The van der Waals surface area contributed by atoms with Crippen molar-refractivity contribution >= 4 is 21.0 Å². The highest BCUT2D eigenvalue weighted by molar-refractivity contribution is 7.60. The molecule has 0 saturated heterocycles. The Bertz CT molecular complexity index is 2660. The van der Waals surface area contributed by atoms with Gasteiger partial charge in [-0.1, -0.05) is 125 Å². The summed E-state index contributed by atoms with van der Waals surface area (Å²) in [6, 6.07) is 44.1. The summed E-state index contributed by atoms with van der Waals surface area (Å²) in [7, 11) is -6.22. The lowest BCUT2D eigenvalue weighted by Crippen LogP contribution is -2.15. The van der Waals surface area contributed by atoms with Gasteiger partial charge >= 0.3 is 7.60 Å². The number of hydrogen-bond donors (Lipinski definition) is 1. The van der Waals surface area contributed by atoms with Gasteiger partial charge in [-0.3, -0.25) is 4.57 Å². The molecule has 0 bridgehead atoms. The fourth-order valence-electron chi connectivity index (χ4n) is 9.17. The molecule has 8 rings (SSSR count). The summed E-state index contributed by atoms with van der Waals surface area (Å²) in [6.45, 7) is 18.2. The number of rotatable bonds is 14. The second kappa shape index (κ2) is 16.5. The van der Waals surface area contributed by atoms with Crippen LogP contribution in [0.3, 0.4) is 0 Å². The molecule has 6 aromatic carbocycles. The minimum absolute atomic E-state index is 0.187. The van der Waals surface area contributed by atoms with Crippen LogP contribution in [0.4, 0.5) is 0 Å². The predicted octanol–water partition coefficient (Wildman–Crippen LogP) is 14.0. The Kier molecular flexibility index (Phi) is 11.6. The maximum atomic E-state index is 13.1. The Labute approximate surface area is 356 Å². The summed E-state index contributed by atoms with van der Waals surface area (Å²) in [6.07, 6.45) is 0.259. The van der Waals surface area contributed by atoms with E-state index in [1.165, 1.54) is 55.6 Å². The topological polar surface area (TPSA) is 74.2 Å². The van der Waals surface area contributed by atoms with Crippen LogP contribution in [0.2, 0.25) is 0 Å². The Morgan fingerprint density at radius 2 is 0.783 bits per heavy atom. The molecule has 2 aliphatic rings. The first kappa shape index (κ1) is 42.3. The first-order valence-electron chi connectivity index (χ1n) is 21.2. The molecule has 8 heteroatoms. The summed E-state index contributed by atoms with van der Waals surface area (Å²) in [5, 5.41) is 0. The lowest BCUT2D eigenvalue weighted by atomic mass is 9.79. The predicted molar refractivity (Wildman–Crippen MR) is 250 cm³/mol. The van der Waals surface area contributed by atoms with E-state index in [4.69, 9.17) is 18.1 Å². The zero-order chi connectivity index (χ0) is 42.5. The second-order valence-electron chi connectivity index (χ2n) is 16.7. The minimum Gasteiger partial charge on any atom is -0.333 e. The Hall–Kier alpha value is -4.35. The molecule has 0 aliphatic heterocycles. The zero-order valence-corrected chi connectivity index (χ0v) is 37.8. The van der Waals surface area contributed by atoms with E-state index in [0.29, 0.717) is 26.4 Å². The Morgan fingerprint density at radius 1 is 0.467 bits per heavy atom. The van der Waals surface area contributed by atoms with Crippen LogP contribution in [0.25, 0.3) is 55.6 Å². The zero-order valence-electron chi connectivity index (χ0n) is 36.0. The van der Waals surface area contributed by atoms with E-state index >= 15 is 0 Å². The van der Waals surface area contributed by atoms with Gasteiger partial charge in [-0.05, 0) is 141 Å². The van der Waals surface area contributed by atoms with E-state index in [9.17, 15) is 9.46 Å². The third-order valence-corrected chi connectivity index (χ3v) is 16.1. The van der Waals surface area contributed by atoms with Crippen LogP contribution < -0.4 is 0 Å².